The summed E-state index contributed by atoms with van der Waals surface area (Å²) in [6.45, 7) is 0.443. The van der Waals surface area contributed by atoms with Crippen molar-refractivity contribution in [3.05, 3.63) is 65.2 Å². The number of carbonyl (C=O) groups is 1. The van der Waals surface area contributed by atoms with E-state index in [4.69, 9.17) is 5.26 Å². The number of hydrogen-bond donors (Lipinski definition) is 1. The third kappa shape index (κ3) is 5.41. The van der Waals surface area contributed by atoms with E-state index in [0.717, 1.165) is 24.0 Å². The molecule has 0 aliphatic heterocycles. The number of aryl methyl sites for hydroxylation is 1. The SMILES string of the molecule is CN(Cc1cccc(C#N)c1)C(=O)CCc1ccc(S(=O)(=O)NC2CC2)cc1. The molecule has 0 radical (unpaired) electrons. The zero-order valence-electron chi connectivity index (χ0n) is 15.8. The minimum absolute atomic E-state index is 0.00513. The van der Waals surface area contributed by atoms with E-state index in [-0.39, 0.29) is 16.8 Å². The fourth-order valence-electron chi connectivity index (χ4n) is 2.87. The van der Waals surface area contributed by atoms with Crippen molar-refractivity contribution in [3.8, 4) is 6.07 Å². The number of hydrogen-bond acceptors (Lipinski definition) is 4. The molecule has 6 nitrogen and oxygen atoms in total. The lowest BCUT2D eigenvalue weighted by atomic mass is 10.1. The van der Waals surface area contributed by atoms with Gasteiger partial charge in [0.15, 0.2) is 0 Å². The third-order valence-electron chi connectivity index (χ3n) is 4.66. The second kappa shape index (κ2) is 8.55. The fourth-order valence-corrected chi connectivity index (χ4v) is 4.17. The standard InChI is InChI=1S/C21H23N3O3S/c1-24(15-18-4-2-3-17(13-18)14-22)21(25)12-7-16-5-10-20(11-6-16)28(26,27)23-19-8-9-19/h2-6,10-11,13,19,23H,7-9,12,15H2,1H3. The number of sulfonamides is 1. The number of carbonyl (C=O) groups excluding carboxylic acids is 1. The van der Waals surface area contributed by atoms with Crippen LogP contribution in [0.5, 0.6) is 0 Å². The largest absolute Gasteiger partial charge is 0.341 e. The van der Waals surface area contributed by atoms with Gasteiger partial charge in [-0.05, 0) is 54.7 Å². The Hall–Kier alpha value is -2.69. The maximum absolute atomic E-state index is 12.4. The molecular weight excluding hydrogens is 374 g/mol. The van der Waals surface area contributed by atoms with Crippen molar-refractivity contribution >= 4 is 15.9 Å². The maximum atomic E-state index is 12.4. The van der Waals surface area contributed by atoms with Crippen LogP contribution in [0.25, 0.3) is 0 Å². The molecule has 0 heterocycles. The molecule has 0 atom stereocenters. The van der Waals surface area contributed by atoms with Crippen molar-refractivity contribution in [2.75, 3.05) is 7.05 Å². The number of nitriles is 1. The first-order valence-corrected chi connectivity index (χ1v) is 10.7. The van der Waals surface area contributed by atoms with Crippen molar-refractivity contribution in [2.24, 2.45) is 0 Å². The summed E-state index contributed by atoms with van der Waals surface area (Å²) in [5, 5.41) is 8.96. The van der Waals surface area contributed by atoms with Gasteiger partial charge in [0.05, 0.1) is 16.5 Å². The highest BCUT2D eigenvalue weighted by Gasteiger charge is 2.27. The van der Waals surface area contributed by atoms with Crippen molar-refractivity contribution in [2.45, 2.75) is 43.2 Å². The highest BCUT2D eigenvalue weighted by Crippen LogP contribution is 2.22. The Kier molecular flexibility index (Phi) is 6.12. The van der Waals surface area contributed by atoms with Crippen molar-refractivity contribution in [1.29, 1.82) is 5.26 Å². The normalized spacial score (nSPS) is 13.7. The molecule has 0 unspecified atom stereocenters. The quantitative estimate of drug-likeness (QED) is 0.741. The first kappa shape index (κ1) is 20.1. The third-order valence-corrected chi connectivity index (χ3v) is 6.20. The summed E-state index contributed by atoms with van der Waals surface area (Å²) in [7, 11) is -1.71. The molecule has 1 N–H and O–H groups in total. The van der Waals surface area contributed by atoms with Crippen LogP contribution in [0, 0.1) is 11.3 Å². The van der Waals surface area contributed by atoms with Gasteiger partial charge in [-0.3, -0.25) is 4.79 Å². The smallest absolute Gasteiger partial charge is 0.240 e. The molecule has 2 aromatic rings. The highest BCUT2D eigenvalue weighted by atomic mass is 32.2. The average molecular weight is 398 g/mol. The number of benzene rings is 2. The fraction of sp³-hybridized carbons (Fsp3) is 0.333. The molecule has 1 fully saturated rings. The van der Waals surface area contributed by atoms with Crippen molar-refractivity contribution < 1.29 is 13.2 Å². The first-order valence-electron chi connectivity index (χ1n) is 9.21. The Morgan fingerprint density at radius 2 is 1.89 bits per heavy atom. The van der Waals surface area contributed by atoms with E-state index < -0.39 is 10.0 Å². The Morgan fingerprint density at radius 3 is 2.54 bits per heavy atom. The predicted molar refractivity (Wildman–Crippen MR) is 106 cm³/mol. The summed E-state index contributed by atoms with van der Waals surface area (Å²) in [6.07, 6.45) is 2.67. The zero-order chi connectivity index (χ0) is 20.1. The molecule has 28 heavy (non-hydrogen) atoms. The van der Waals surface area contributed by atoms with E-state index in [2.05, 4.69) is 10.8 Å². The Labute approximate surface area is 165 Å². The number of nitrogens with zero attached hydrogens (tertiary/aromatic N) is 2. The molecule has 3 rings (SSSR count). The van der Waals surface area contributed by atoms with Gasteiger partial charge in [0.1, 0.15) is 0 Å². The topological polar surface area (TPSA) is 90.3 Å². The van der Waals surface area contributed by atoms with E-state index >= 15 is 0 Å². The van der Waals surface area contributed by atoms with Crippen LogP contribution in [0.3, 0.4) is 0 Å². The van der Waals surface area contributed by atoms with Crippen molar-refractivity contribution in [1.82, 2.24) is 9.62 Å². The number of amides is 1. The molecule has 2 aromatic carbocycles. The molecule has 0 aromatic heterocycles. The highest BCUT2D eigenvalue weighted by molar-refractivity contribution is 7.89. The van der Waals surface area contributed by atoms with Crippen LogP contribution in [0.15, 0.2) is 53.4 Å². The van der Waals surface area contributed by atoms with Gasteiger partial charge in [-0.1, -0.05) is 24.3 Å². The molecule has 1 amide bonds. The van der Waals surface area contributed by atoms with E-state index in [1.54, 1.807) is 54.4 Å². The van der Waals surface area contributed by atoms with Crippen LogP contribution in [0.1, 0.15) is 36.0 Å². The van der Waals surface area contributed by atoms with Gasteiger partial charge in [-0.25, -0.2) is 13.1 Å². The molecule has 1 saturated carbocycles. The lowest BCUT2D eigenvalue weighted by molar-refractivity contribution is -0.130. The Balaban J connectivity index is 1.53. The summed E-state index contributed by atoms with van der Waals surface area (Å²) in [5.41, 5.74) is 2.40. The zero-order valence-corrected chi connectivity index (χ0v) is 16.6. The van der Waals surface area contributed by atoms with Crippen LogP contribution in [-0.2, 0) is 27.8 Å². The summed E-state index contributed by atoms with van der Waals surface area (Å²) in [5.74, 6) is -0.00513. The van der Waals surface area contributed by atoms with E-state index in [1.165, 1.54) is 0 Å². The molecule has 1 aliphatic carbocycles. The lowest BCUT2D eigenvalue weighted by Gasteiger charge is -2.17. The van der Waals surface area contributed by atoms with E-state index in [9.17, 15) is 13.2 Å². The van der Waals surface area contributed by atoms with Crippen LogP contribution in [-0.4, -0.2) is 32.3 Å². The lowest BCUT2D eigenvalue weighted by Crippen LogP contribution is -2.26. The Morgan fingerprint density at radius 1 is 1.18 bits per heavy atom. The Bertz CT molecular complexity index is 990. The van der Waals surface area contributed by atoms with Gasteiger partial charge in [0.25, 0.3) is 0 Å². The predicted octanol–water partition coefficient (Wildman–Crippen LogP) is 2.59. The van der Waals surface area contributed by atoms with Crippen LogP contribution in [0.4, 0.5) is 0 Å². The van der Waals surface area contributed by atoms with Gasteiger partial charge in [-0.2, -0.15) is 5.26 Å². The second-order valence-corrected chi connectivity index (χ2v) is 8.82. The monoisotopic (exact) mass is 397 g/mol. The van der Waals surface area contributed by atoms with Crippen LogP contribution >= 0.6 is 0 Å². The first-order chi connectivity index (χ1) is 13.4. The molecule has 7 heteroatoms. The molecule has 0 saturated heterocycles. The average Bonchev–Trinajstić information content (AvgIpc) is 3.49. The molecular formula is C21H23N3O3S. The maximum Gasteiger partial charge on any atom is 0.240 e. The van der Waals surface area contributed by atoms with Crippen molar-refractivity contribution in [3.63, 3.8) is 0 Å². The van der Waals surface area contributed by atoms with Crippen LogP contribution in [0.2, 0.25) is 0 Å². The van der Waals surface area contributed by atoms with Gasteiger partial charge in [0, 0.05) is 26.1 Å². The summed E-state index contributed by atoms with van der Waals surface area (Å²) >= 11 is 0. The molecule has 1 aliphatic rings. The minimum atomic E-state index is -3.45. The second-order valence-electron chi connectivity index (χ2n) is 7.10. The van der Waals surface area contributed by atoms with Gasteiger partial charge in [0.2, 0.25) is 15.9 Å². The summed E-state index contributed by atoms with van der Waals surface area (Å²) < 4.78 is 27.0. The van der Waals surface area contributed by atoms with E-state index in [1.807, 2.05) is 6.07 Å². The summed E-state index contributed by atoms with van der Waals surface area (Å²) in [4.78, 5) is 14.3. The van der Waals surface area contributed by atoms with E-state index in [0.29, 0.717) is 24.9 Å². The molecule has 146 valence electrons. The minimum Gasteiger partial charge on any atom is -0.341 e. The van der Waals surface area contributed by atoms with Gasteiger partial charge < -0.3 is 4.90 Å². The van der Waals surface area contributed by atoms with Crippen LogP contribution < -0.4 is 4.72 Å². The number of nitrogens with one attached hydrogen (secondary N) is 1. The molecule has 0 bridgehead atoms. The van der Waals surface area contributed by atoms with Gasteiger partial charge in [-0.15, -0.1) is 0 Å². The number of rotatable bonds is 8. The summed E-state index contributed by atoms with van der Waals surface area (Å²) in [6, 6.07) is 16.1. The molecule has 0 spiro atoms. The van der Waals surface area contributed by atoms with Gasteiger partial charge >= 0.3 is 0 Å².